The van der Waals surface area contributed by atoms with Crippen molar-refractivity contribution >= 4 is 11.9 Å². The standard InChI is InChI=1S/C51H98O5/c1-4-7-10-13-16-18-20-22-24-25-26-27-28-29-31-33-36-38-41-44-50(52)55-48-49(56-51(53)45-42-39-35-15-12-9-6-3)47-54-46-43-40-37-34-32-30-23-21-19-17-14-11-8-5-2/h19,21,49H,4-18,20,22-48H2,1-3H3/b21-19-. The van der Waals surface area contributed by atoms with E-state index in [-0.39, 0.29) is 18.5 Å². The molecule has 0 aromatic heterocycles. The van der Waals surface area contributed by atoms with Crippen LogP contribution in [0.3, 0.4) is 0 Å². The summed E-state index contributed by atoms with van der Waals surface area (Å²) >= 11 is 0. The predicted octanol–water partition coefficient (Wildman–Crippen LogP) is 16.7. The van der Waals surface area contributed by atoms with Gasteiger partial charge < -0.3 is 14.2 Å². The number of allylic oxidation sites excluding steroid dienone is 2. The summed E-state index contributed by atoms with van der Waals surface area (Å²) in [5, 5.41) is 0. The van der Waals surface area contributed by atoms with Crippen molar-refractivity contribution in [1.29, 1.82) is 0 Å². The van der Waals surface area contributed by atoms with Crippen LogP contribution in [0.5, 0.6) is 0 Å². The van der Waals surface area contributed by atoms with Gasteiger partial charge in [-0.05, 0) is 44.9 Å². The van der Waals surface area contributed by atoms with Gasteiger partial charge in [-0.15, -0.1) is 0 Å². The van der Waals surface area contributed by atoms with Gasteiger partial charge in [0.1, 0.15) is 6.61 Å². The summed E-state index contributed by atoms with van der Waals surface area (Å²) in [6, 6.07) is 0. The predicted molar refractivity (Wildman–Crippen MR) is 242 cm³/mol. The first kappa shape index (κ1) is 54.6. The molecule has 0 amide bonds. The molecule has 0 spiro atoms. The molecule has 0 aromatic carbocycles. The Hall–Kier alpha value is -1.36. The number of unbranched alkanes of at least 4 members (excludes halogenated alkanes) is 34. The van der Waals surface area contributed by atoms with Crippen LogP contribution in [0.4, 0.5) is 0 Å². The summed E-state index contributed by atoms with van der Waals surface area (Å²) in [6.45, 7) is 7.82. The Balaban J connectivity index is 4.04. The number of carbonyl (C=O) groups excluding carboxylic acids is 2. The molecule has 1 unspecified atom stereocenters. The van der Waals surface area contributed by atoms with Crippen LogP contribution in [0, 0.1) is 0 Å². The van der Waals surface area contributed by atoms with E-state index in [0.29, 0.717) is 26.1 Å². The van der Waals surface area contributed by atoms with Gasteiger partial charge in [0, 0.05) is 19.4 Å². The Morgan fingerprint density at radius 1 is 0.375 bits per heavy atom. The monoisotopic (exact) mass is 791 g/mol. The SMILES string of the molecule is CCCCCC/C=C\CCCCCCCCOCC(COC(=O)CCCCCCCCCCCCCCCCCCCCC)OC(=O)CCCCCCCCC. The van der Waals surface area contributed by atoms with E-state index in [1.165, 1.54) is 205 Å². The third-order valence-electron chi connectivity index (χ3n) is 11.3. The highest BCUT2D eigenvalue weighted by Gasteiger charge is 2.17. The van der Waals surface area contributed by atoms with E-state index < -0.39 is 6.10 Å². The summed E-state index contributed by atoms with van der Waals surface area (Å²) in [5.74, 6) is -0.388. The van der Waals surface area contributed by atoms with Crippen molar-refractivity contribution in [2.45, 2.75) is 284 Å². The molecule has 0 radical (unpaired) electrons. The van der Waals surface area contributed by atoms with Crippen LogP contribution < -0.4 is 0 Å². The van der Waals surface area contributed by atoms with Crippen LogP contribution in [-0.2, 0) is 23.8 Å². The van der Waals surface area contributed by atoms with Gasteiger partial charge in [-0.3, -0.25) is 9.59 Å². The van der Waals surface area contributed by atoms with Crippen LogP contribution in [0.1, 0.15) is 278 Å². The van der Waals surface area contributed by atoms with E-state index in [0.717, 1.165) is 38.5 Å². The average molecular weight is 791 g/mol. The Bertz CT molecular complexity index is 810. The van der Waals surface area contributed by atoms with Crippen LogP contribution in [0.2, 0.25) is 0 Å². The first-order valence-electron chi connectivity index (χ1n) is 25.2. The highest BCUT2D eigenvalue weighted by atomic mass is 16.6. The number of rotatable bonds is 47. The van der Waals surface area contributed by atoms with Gasteiger partial charge in [0.15, 0.2) is 6.10 Å². The normalized spacial score (nSPS) is 12.1. The molecule has 5 heteroatoms. The fourth-order valence-corrected chi connectivity index (χ4v) is 7.51. The molecule has 0 aliphatic carbocycles. The van der Waals surface area contributed by atoms with E-state index in [4.69, 9.17) is 14.2 Å². The lowest BCUT2D eigenvalue weighted by atomic mass is 10.0. The molecule has 0 bridgehead atoms. The van der Waals surface area contributed by atoms with Crippen molar-refractivity contribution in [3.05, 3.63) is 12.2 Å². The fraction of sp³-hybridized carbons (Fsp3) is 0.922. The van der Waals surface area contributed by atoms with Crippen LogP contribution in [0.15, 0.2) is 12.2 Å². The molecule has 0 heterocycles. The van der Waals surface area contributed by atoms with Gasteiger partial charge >= 0.3 is 11.9 Å². The maximum Gasteiger partial charge on any atom is 0.306 e. The minimum atomic E-state index is -0.527. The number of hydrogen-bond acceptors (Lipinski definition) is 5. The topological polar surface area (TPSA) is 61.8 Å². The van der Waals surface area contributed by atoms with Gasteiger partial charge in [-0.2, -0.15) is 0 Å². The third-order valence-corrected chi connectivity index (χ3v) is 11.3. The third kappa shape index (κ3) is 45.3. The molecule has 5 nitrogen and oxygen atoms in total. The fourth-order valence-electron chi connectivity index (χ4n) is 7.51. The lowest BCUT2D eigenvalue weighted by molar-refractivity contribution is -0.163. The van der Waals surface area contributed by atoms with Gasteiger partial charge in [-0.1, -0.05) is 232 Å². The molecular formula is C51H98O5. The van der Waals surface area contributed by atoms with E-state index in [1.54, 1.807) is 0 Å². The van der Waals surface area contributed by atoms with Gasteiger partial charge in [0.05, 0.1) is 6.61 Å². The maximum absolute atomic E-state index is 12.6. The zero-order valence-electron chi connectivity index (χ0n) is 38.2. The molecule has 0 aliphatic heterocycles. The molecular weight excluding hydrogens is 693 g/mol. The summed E-state index contributed by atoms with van der Waals surface area (Å²) in [6.07, 6.45) is 53.7. The quantitative estimate of drug-likeness (QED) is 0.0349. The summed E-state index contributed by atoms with van der Waals surface area (Å²) in [5.41, 5.74) is 0. The Labute approximate surface area is 350 Å². The molecule has 0 aromatic rings. The average Bonchev–Trinajstić information content (AvgIpc) is 3.20. The highest BCUT2D eigenvalue weighted by Crippen LogP contribution is 2.16. The molecule has 0 saturated carbocycles. The Kier molecular flexibility index (Phi) is 46.8. The number of esters is 2. The minimum Gasteiger partial charge on any atom is -0.462 e. The Morgan fingerprint density at radius 2 is 0.696 bits per heavy atom. The highest BCUT2D eigenvalue weighted by molar-refractivity contribution is 5.70. The second-order valence-electron chi connectivity index (χ2n) is 17.1. The first-order valence-corrected chi connectivity index (χ1v) is 25.2. The van der Waals surface area contributed by atoms with Crippen molar-refractivity contribution in [3.8, 4) is 0 Å². The van der Waals surface area contributed by atoms with Crippen molar-refractivity contribution in [2.24, 2.45) is 0 Å². The molecule has 0 rings (SSSR count). The number of hydrogen-bond donors (Lipinski definition) is 0. The summed E-state index contributed by atoms with van der Waals surface area (Å²) in [4.78, 5) is 25.2. The molecule has 0 fully saturated rings. The zero-order chi connectivity index (χ0) is 40.7. The first-order chi connectivity index (χ1) is 27.6. The number of ether oxygens (including phenoxy) is 3. The number of carbonyl (C=O) groups is 2. The summed E-state index contributed by atoms with van der Waals surface area (Å²) < 4.78 is 17.3. The van der Waals surface area contributed by atoms with E-state index in [9.17, 15) is 9.59 Å². The van der Waals surface area contributed by atoms with Crippen molar-refractivity contribution in [3.63, 3.8) is 0 Å². The maximum atomic E-state index is 12.6. The van der Waals surface area contributed by atoms with Crippen LogP contribution in [-0.4, -0.2) is 37.9 Å². The molecule has 0 aliphatic rings. The molecule has 0 N–H and O–H groups in total. The lowest BCUT2D eigenvalue weighted by Crippen LogP contribution is -2.30. The van der Waals surface area contributed by atoms with Gasteiger partial charge in [0.2, 0.25) is 0 Å². The Morgan fingerprint density at radius 3 is 1.11 bits per heavy atom. The van der Waals surface area contributed by atoms with Crippen molar-refractivity contribution in [2.75, 3.05) is 19.8 Å². The van der Waals surface area contributed by atoms with Crippen molar-refractivity contribution in [1.82, 2.24) is 0 Å². The van der Waals surface area contributed by atoms with Gasteiger partial charge in [0.25, 0.3) is 0 Å². The second kappa shape index (κ2) is 48.0. The summed E-state index contributed by atoms with van der Waals surface area (Å²) in [7, 11) is 0. The van der Waals surface area contributed by atoms with Gasteiger partial charge in [-0.25, -0.2) is 0 Å². The van der Waals surface area contributed by atoms with Crippen LogP contribution >= 0.6 is 0 Å². The molecule has 332 valence electrons. The van der Waals surface area contributed by atoms with Crippen molar-refractivity contribution < 1.29 is 23.8 Å². The smallest absolute Gasteiger partial charge is 0.306 e. The minimum absolute atomic E-state index is 0.0912. The molecule has 1 atom stereocenters. The second-order valence-corrected chi connectivity index (χ2v) is 17.1. The van der Waals surface area contributed by atoms with E-state index in [1.807, 2.05) is 0 Å². The lowest BCUT2D eigenvalue weighted by Gasteiger charge is -2.18. The molecule has 56 heavy (non-hydrogen) atoms. The van der Waals surface area contributed by atoms with E-state index in [2.05, 4.69) is 32.9 Å². The van der Waals surface area contributed by atoms with E-state index >= 15 is 0 Å². The largest absolute Gasteiger partial charge is 0.462 e. The van der Waals surface area contributed by atoms with Crippen LogP contribution in [0.25, 0.3) is 0 Å². The zero-order valence-corrected chi connectivity index (χ0v) is 38.2. The molecule has 0 saturated heterocycles.